The molecule has 0 aliphatic rings. The van der Waals surface area contributed by atoms with Crippen molar-refractivity contribution in [2.75, 3.05) is 26.4 Å². The van der Waals surface area contributed by atoms with Crippen molar-refractivity contribution in [3.8, 4) is 0 Å². The van der Waals surface area contributed by atoms with Gasteiger partial charge in [-0.1, -0.05) is 200 Å². The Morgan fingerprint density at radius 2 is 0.776 bits per heavy atom. The van der Waals surface area contributed by atoms with Gasteiger partial charge in [0.1, 0.15) is 6.61 Å². The van der Waals surface area contributed by atoms with Crippen LogP contribution in [-0.4, -0.2) is 49.3 Å². The summed E-state index contributed by atoms with van der Waals surface area (Å²) in [4.78, 5) is 35.0. The van der Waals surface area contributed by atoms with Crippen LogP contribution in [0.5, 0.6) is 0 Å². The SMILES string of the molecule is CC/C=C\C/C=C\C/C=C\C/C=C\C/C=C\C/C=C\C/C=C\CCCCCCCCCCCC(=O)OC(COC(=O)CCCCCCC/C=C\C/C=C\C/C=C\CC)COP(=O)(O)OCCN. The predicted octanol–water partition coefficient (Wildman–Crippen LogP) is 16.1. The average molecular weight is 952 g/mol. The Morgan fingerprint density at radius 1 is 0.448 bits per heavy atom. The van der Waals surface area contributed by atoms with Crippen molar-refractivity contribution in [2.24, 2.45) is 5.73 Å². The maximum Gasteiger partial charge on any atom is 0.472 e. The third-order valence-corrected chi connectivity index (χ3v) is 11.3. The van der Waals surface area contributed by atoms with Crippen molar-refractivity contribution < 1.29 is 37.6 Å². The molecule has 0 radical (unpaired) electrons. The molecular formula is C57H94NO8P. The lowest BCUT2D eigenvalue weighted by Gasteiger charge is -2.19. The molecule has 2 atom stereocenters. The van der Waals surface area contributed by atoms with E-state index in [1.807, 2.05) is 0 Å². The largest absolute Gasteiger partial charge is 0.472 e. The summed E-state index contributed by atoms with van der Waals surface area (Å²) in [7, 11) is -4.40. The lowest BCUT2D eigenvalue weighted by Crippen LogP contribution is -2.29. The van der Waals surface area contributed by atoms with E-state index in [9.17, 15) is 19.0 Å². The third kappa shape index (κ3) is 51.6. The van der Waals surface area contributed by atoms with Crippen LogP contribution >= 0.6 is 7.82 Å². The maximum atomic E-state index is 12.7. The minimum atomic E-state index is -4.40. The Hall–Kier alpha value is -3.59. The average Bonchev–Trinajstić information content (AvgIpc) is 3.32. The number of phosphoric ester groups is 1. The molecule has 0 aromatic rings. The molecule has 0 saturated carbocycles. The monoisotopic (exact) mass is 952 g/mol. The normalized spacial score (nSPS) is 14.1. The first-order valence-corrected chi connectivity index (χ1v) is 27.5. The van der Waals surface area contributed by atoms with Crippen molar-refractivity contribution in [1.82, 2.24) is 0 Å². The first-order chi connectivity index (χ1) is 32.8. The van der Waals surface area contributed by atoms with Crippen molar-refractivity contribution in [3.63, 3.8) is 0 Å². The Kier molecular flexibility index (Phi) is 49.0. The molecule has 9 nitrogen and oxygen atoms in total. The second kappa shape index (κ2) is 51.8. The highest BCUT2D eigenvalue weighted by Crippen LogP contribution is 2.43. The zero-order chi connectivity index (χ0) is 48.8. The van der Waals surface area contributed by atoms with Gasteiger partial charge < -0.3 is 20.1 Å². The molecule has 0 saturated heterocycles. The van der Waals surface area contributed by atoms with Gasteiger partial charge in [-0.3, -0.25) is 18.6 Å². The molecule has 67 heavy (non-hydrogen) atoms. The van der Waals surface area contributed by atoms with Crippen LogP contribution in [0, 0.1) is 0 Å². The molecule has 0 rings (SSSR count). The van der Waals surface area contributed by atoms with E-state index in [0.29, 0.717) is 12.8 Å². The Labute approximate surface area is 409 Å². The van der Waals surface area contributed by atoms with Crippen LogP contribution in [0.15, 0.2) is 122 Å². The summed E-state index contributed by atoms with van der Waals surface area (Å²) in [6, 6.07) is 0. The summed E-state index contributed by atoms with van der Waals surface area (Å²) in [5, 5.41) is 0. The fourth-order valence-corrected chi connectivity index (χ4v) is 7.34. The highest BCUT2D eigenvalue weighted by Gasteiger charge is 2.26. The molecule has 10 heteroatoms. The molecule has 0 aromatic carbocycles. The van der Waals surface area contributed by atoms with E-state index in [0.717, 1.165) is 122 Å². The minimum Gasteiger partial charge on any atom is -0.462 e. The number of ether oxygens (including phenoxy) is 2. The van der Waals surface area contributed by atoms with Crippen LogP contribution in [0.3, 0.4) is 0 Å². The molecule has 0 spiro atoms. The Morgan fingerprint density at radius 3 is 1.15 bits per heavy atom. The smallest absolute Gasteiger partial charge is 0.462 e. The van der Waals surface area contributed by atoms with E-state index < -0.39 is 32.5 Å². The van der Waals surface area contributed by atoms with Gasteiger partial charge in [0.25, 0.3) is 0 Å². The topological polar surface area (TPSA) is 134 Å². The van der Waals surface area contributed by atoms with E-state index in [4.69, 9.17) is 24.3 Å². The molecule has 0 aliphatic heterocycles. The molecular weight excluding hydrogens is 858 g/mol. The zero-order valence-corrected chi connectivity index (χ0v) is 43.0. The van der Waals surface area contributed by atoms with Gasteiger partial charge in [-0.2, -0.15) is 0 Å². The van der Waals surface area contributed by atoms with Crippen molar-refractivity contribution in [3.05, 3.63) is 122 Å². The molecule has 3 N–H and O–H groups in total. The number of carbonyl (C=O) groups is 2. The van der Waals surface area contributed by atoms with Gasteiger partial charge in [0, 0.05) is 19.4 Å². The molecule has 380 valence electrons. The number of nitrogens with two attached hydrogens (primary N) is 1. The number of esters is 2. The predicted molar refractivity (Wildman–Crippen MR) is 284 cm³/mol. The Bertz CT molecular complexity index is 1500. The van der Waals surface area contributed by atoms with E-state index in [-0.39, 0.29) is 32.6 Å². The molecule has 2 unspecified atom stereocenters. The third-order valence-electron chi connectivity index (χ3n) is 10.3. The molecule has 0 bridgehead atoms. The summed E-state index contributed by atoms with van der Waals surface area (Å²) >= 11 is 0. The van der Waals surface area contributed by atoms with Gasteiger partial charge in [-0.15, -0.1) is 0 Å². The van der Waals surface area contributed by atoms with E-state index in [2.05, 4.69) is 135 Å². The number of rotatable bonds is 47. The number of carbonyl (C=O) groups excluding carboxylic acids is 2. The standard InChI is InChI=1S/C57H94NO8P/c1-3-5-7-9-11-13-15-17-19-20-21-22-23-24-25-26-27-28-29-30-31-32-33-34-36-38-40-42-44-46-48-50-57(60)66-55(54-65-67(61,62)64-52-51-58)53-63-56(59)49-47-45-43-41-39-37-35-18-16-14-12-10-8-6-4-2/h5-8,11-14,17-19,21-22,24-25,27-28,30-31,35,55H,3-4,9-10,15-16,20,23,26,29,32-34,36-54,58H2,1-2H3,(H,61,62)/b7-5-,8-6-,13-11-,14-12-,19-17-,22-21-,25-24-,28-27-,31-30-,35-18-. The van der Waals surface area contributed by atoms with Crippen LogP contribution in [-0.2, 0) is 32.7 Å². The molecule has 0 aromatic heterocycles. The molecule has 0 aliphatic carbocycles. The zero-order valence-electron chi connectivity index (χ0n) is 42.1. The summed E-state index contributed by atoms with van der Waals surface area (Å²) in [6.45, 7) is 3.46. The number of allylic oxidation sites excluding steroid dienone is 20. The van der Waals surface area contributed by atoms with Crippen molar-refractivity contribution in [2.45, 2.75) is 200 Å². The molecule has 0 fully saturated rings. The fourth-order valence-electron chi connectivity index (χ4n) is 6.57. The van der Waals surface area contributed by atoms with Crippen LogP contribution in [0.4, 0.5) is 0 Å². The second-order valence-corrected chi connectivity index (χ2v) is 18.1. The van der Waals surface area contributed by atoms with E-state index >= 15 is 0 Å². The first kappa shape index (κ1) is 63.4. The van der Waals surface area contributed by atoms with Gasteiger partial charge in [0.05, 0.1) is 13.2 Å². The summed E-state index contributed by atoms with van der Waals surface area (Å²) in [6.07, 6.45) is 71.0. The lowest BCUT2D eigenvalue weighted by atomic mass is 10.1. The van der Waals surface area contributed by atoms with Gasteiger partial charge in [0.15, 0.2) is 6.10 Å². The van der Waals surface area contributed by atoms with E-state index in [1.165, 1.54) is 32.1 Å². The first-order valence-electron chi connectivity index (χ1n) is 26.0. The summed E-state index contributed by atoms with van der Waals surface area (Å²) in [5.74, 6) is -0.865. The van der Waals surface area contributed by atoms with Crippen LogP contribution in [0.1, 0.15) is 194 Å². The van der Waals surface area contributed by atoms with E-state index in [1.54, 1.807) is 0 Å². The Balaban J connectivity index is 4.06. The van der Waals surface area contributed by atoms with Gasteiger partial charge in [-0.25, -0.2) is 4.57 Å². The molecule has 0 amide bonds. The van der Waals surface area contributed by atoms with Crippen LogP contribution in [0.2, 0.25) is 0 Å². The van der Waals surface area contributed by atoms with Gasteiger partial charge in [0.2, 0.25) is 0 Å². The summed E-state index contributed by atoms with van der Waals surface area (Å²) in [5.41, 5.74) is 5.36. The van der Waals surface area contributed by atoms with Crippen molar-refractivity contribution >= 4 is 19.8 Å². The highest BCUT2D eigenvalue weighted by molar-refractivity contribution is 7.47. The molecule has 0 heterocycles. The number of phosphoric acid groups is 1. The number of unbranched alkanes of at least 4 members (excludes halogenated alkanes) is 14. The number of hydrogen-bond acceptors (Lipinski definition) is 8. The fraction of sp³-hybridized carbons (Fsp3) is 0.614. The minimum absolute atomic E-state index is 0.0432. The number of hydrogen-bond donors (Lipinski definition) is 2. The van der Waals surface area contributed by atoms with Crippen molar-refractivity contribution in [1.29, 1.82) is 0 Å². The summed E-state index contributed by atoms with van der Waals surface area (Å²) < 4.78 is 32.9. The van der Waals surface area contributed by atoms with Crippen LogP contribution < -0.4 is 5.73 Å². The van der Waals surface area contributed by atoms with Gasteiger partial charge in [-0.05, 0) is 103 Å². The van der Waals surface area contributed by atoms with Crippen LogP contribution in [0.25, 0.3) is 0 Å². The highest BCUT2D eigenvalue weighted by atomic mass is 31.2. The van der Waals surface area contributed by atoms with Gasteiger partial charge >= 0.3 is 19.8 Å². The quantitative estimate of drug-likeness (QED) is 0.0265. The maximum absolute atomic E-state index is 12.7. The second-order valence-electron chi connectivity index (χ2n) is 16.6. The lowest BCUT2D eigenvalue weighted by molar-refractivity contribution is -0.161.